The molecule has 23 heavy (non-hydrogen) atoms. The fourth-order valence-corrected chi connectivity index (χ4v) is 2.36. The average Bonchev–Trinajstić information content (AvgIpc) is 3.17. The highest BCUT2D eigenvalue weighted by Gasteiger charge is 2.18. The fourth-order valence-electron chi connectivity index (χ4n) is 2.36. The van der Waals surface area contributed by atoms with Crippen molar-refractivity contribution in [1.29, 1.82) is 0 Å². The van der Waals surface area contributed by atoms with E-state index in [9.17, 15) is 4.79 Å². The van der Waals surface area contributed by atoms with Gasteiger partial charge in [0.05, 0.1) is 12.3 Å². The number of anilines is 1. The molecule has 0 saturated heterocycles. The second-order valence-corrected chi connectivity index (χ2v) is 5.40. The molecule has 0 unspecified atom stereocenters. The smallest absolute Gasteiger partial charge is 0.319 e. The van der Waals surface area contributed by atoms with Crippen molar-refractivity contribution in [2.75, 3.05) is 32.7 Å². The summed E-state index contributed by atoms with van der Waals surface area (Å²) in [5, 5.41) is 5.62. The van der Waals surface area contributed by atoms with Crippen molar-refractivity contribution in [3.8, 4) is 11.5 Å². The third-order valence-corrected chi connectivity index (χ3v) is 3.58. The zero-order chi connectivity index (χ0) is 16.2. The van der Waals surface area contributed by atoms with Gasteiger partial charge in [-0.1, -0.05) is 0 Å². The molecule has 2 amide bonds. The van der Waals surface area contributed by atoms with Gasteiger partial charge in [-0.25, -0.2) is 4.79 Å². The van der Waals surface area contributed by atoms with E-state index in [2.05, 4.69) is 10.6 Å². The van der Waals surface area contributed by atoms with Gasteiger partial charge in [0.15, 0.2) is 11.5 Å². The van der Waals surface area contributed by atoms with E-state index in [-0.39, 0.29) is 18.9 Å². The first-order valence-electron chi connectivity index (χ1n) is 7.28. The number of rotatable bonds is 5. The standard InChI is InChI=1S/C16H19N3O4/c1-19(2)12(13-4-3-7-21-13)9-17-16(20)18-11-5-6-14-15(8-11)23-10-22-14/h3-8,12H,9-10H2,1-2H3,(H2,17,18,20)/t12-/m0/s1. The van der Waals surface area contributed by atoms with E-state index in [1.165, 1.54) is 0 Å². The Morgan fingerprint density at radius 3 is 2.83 bits per heavy atom. The number of benzene rings is 1. The molecule has 7 heteroatoms. The van der Waals surface area contributed by atoms with Gasteiger partial charge in [0.25, 0.3) is 0 Å². The van der Waals surface area contributed by atoms with E-state index in [0.29, 0.717) is 23.7 Å². The van der Waals surface area contributed by atoms with Gasteiger partial charge in [-0.2, -0.15) is 0 Å². The number of carbonyl (C=O) groups is 1. The lowest BCUT2D eigenvalue weighted by molar-refractivity contribution is 0.174. The summed E-state index contributed by atoms with van der Waals surface area (Å²) in [4.78, 5) is 14.1. The summed E-state index contributed by atoms with van der Waals surface area (Å²) in [6.07, 6.45) is 1.62. The van der Waals surface area contributed by atoms with Gasteiger partial charge in [0.2, 0.25) is 6.79 Å². The summed E-state index contributed by atoms with van der Waals surface area (Å²) in [7, 11) is 3.87. The zero-order valence-electron chi connectivity index (χ0n) is 13.0. The lowest BCUT2D eigenvalue weighted by Crippen LogP contribution is -2.36. The largest absolute Gasteiger partial charge is 0.468 e. The van der Waals surface area contributed by atoms with Gasteiger partial charge in [0, 0.05) is 18.3 Å². The van der Waals surface area contributed by atoms with Crippen molar-refractivity contribution < 1.29 is 18.7 Å². The first-order valence-corrected chi connectivity index (χ1v) is 7.28. The summed E-state index contributed by atoms with van der Waals surface area (Å²) in [6, 6.07) is 8.67. The first kappa shape index (κ1) is 15.2. The highest BCUT2D eigenvalue weighted by atomic mass is 16.7. The Morgan fingerprint density at radius 1 is 1.26 bits per heavy atom. The summed E-state index contributed by atoms with van der Waals surface area (Å²) >= 11 is 0. The fraction of sp³-hybridized carbons (Fsp3) is 0.312. The molecular weight excluding hydrogens is 298 g/mol. The van der Waals surface area contributed by atoms with Crippen molar-refractivity contribution in [2.45, 2.75) is 6.04 Å². The van der Waals surface area contributed by atoms with Crippen LogP contribution in [0.1, 0.15) is 11.8 Å². The predicted octanol–water partition coefficient (Wildman–Crippen LogP) is 2.43. The van der Waals surface area contributed by atoms with Crippen LogP contribution in [-0.2, 0) is 0 Å². The van der Waals surface area contributed by atoms with E-state index < -0.39 is 0 Å². The molecule has 3 rings (SSSR count). The Kier molecular flexibility index (Phi) is 4.38. The molecule has 1 aromatic heterocycles. The quantitative estimate of drug-likeness (QED) is 0.886. The molecule has 2 N–H and O–H groups in total. The topological polar surface area (TPSA) is 76.0 Å². The van der Waals surface area contributed by atoms with E-state index in [1.54, 1.807) is 24.5 Å². The normalized spacial score (nSPS) is 13.9. The van der Waals surface area contributed by atoms with Crippen LogP contribution in [0, 0.1) is 0 Å². The molecule has 0 radical (unpaired) electrons. The molecular formula is C16H19N3O4. The molecule has 1 aromatic carbocycles. The second-order valence-electron chi connectivity index (χ2n) is 5.40. The van der Waals surface area contributed by atoms with Gasteiger partial charge in [-0.15, -0.1) is 0 Å². The Labute approximate surface area is 134 Å². The predicted molar refractivity (Wildman–Crippen MR) is 84.7 cm³/mol. The van der Waals surface area contributed by atoms with Crippen LogP contribution in [0.3, 0.4) is 0 Å². The van der Waals surface area contributed by atoms with Gasteiger partial charge in [-0.05, 0) is 38.4 Å². The minimum Gasteiger partial charge on any atom is -0.468 e. The Bertz CT molecular complexity index is 670. The van der Waals surface area contributed by atoms with Crippen LogP contribution in [-0.4, -0.2) is 38.4 Å². The first-order chi connectivity index (χ1) is 11.1. The number of hydrogen-bond donors (Lipinski definition) is 2. The lowest BCUT2D eigenvalue weighted by Gasteiger charge is -2.22. The maximum Gasteiger partial charge on any atom is 0.319 e. The van der Waals surface area contributed by atoms with Gasteiger partial charge >= 0.3 is 6.03 Å². The summed E-state index contributed by atoms with van der Waals surface area (Å²) in [5.74, 6) is 2.12. The molecule has 0 aliphatic carbocycles. The van der Waals surface area contributed by atoms with Crippen molar-refractivity contribution in [2.24, 2.45) is 0 Å². The number of hydrogen-bond acceptors (Lipinski definition) is 5. The number of nitrogens with zero attached hydrogens (tertiary/aromatic N) is 1. The second kappa shape index (κ2) is 6.62. The number of amides is 2. The van der Waals surface area contributed by atoms with Gasteiger partial charge in [0.1, 0.15) is 5.76 Å². The minimum atomic E-state index is -0.290. The molecule has 1 aliphatic heterocycles. The minimum absolute atomic E-state index is 0.0347. The molecule has 0 saturated carbocycles. The monoisotopic (exact) mass is 317 g/mol. The van der Waals surface area contributed by atoms with Crippen LogP contribution in [0.25, 0.3) is 0 Å². The van der Waals surface area contributed by atoms with Crippen LogP contribution in [0.15, 0.2) is 41.0 Å². The van der Waals surface area contributed by atoms with Crippen molar-refractivity contribution >= 4 is 11.7 Å². The zero-order valence-corrected chi connectivity index (χ0v) is 13.0. The molecule has 7 nitrogen and oxygen atoms in total. The SMILES string of the molecule is CN(C)[C@@H](CNC(=O)Nc1ccc2c(c1)OCO2)c1ccco1. The maximum atomic E-state index is 12.1. The van der Waals surface area contributed by atoms with Crippen LogP contribution in [0.5, 0.6) is 11.5 Å². The Balaban J connectivity index is 1.57. The molecule has 1 aliphatic rings. The Hall–Kier alpha value is -2.67. The third kappa shape index (κ3) is 3.57. The van der Waals surface area contributed by atoms with Crippen LogP contribution < -0.4 is 20.1 Å². The number of nitrogens with one attached hydrogen (secondary N) is 2. The lowest BCUT2D eigenvalue weighted by atomic mass is 10.2. The maximum absolute atomic E-state index is 12.1. The van der Waals surface area contributed by atoms with Crippen LogP contribution >= 0.6 is 0 Å². The number of urea groups is 1. The van der Waals surface area contributed by atoms with Crippen molar-refractivity contribution in [1.82, 2.24) is 10.2 Å². The van der Waals surface area contributed by atoms with Gasteiger partial charge < -0.3 is 24.5 Å². The number of likely N-dealkylation sites (N-methyl/N-ethyl adjacent to an activating group) is 1. The van der Waals surface area contributed by atoms with Crippen molar-refractivity contribution in [3.63, 3.8) is 0 Å². The van der Waals surface area contributed by atoms with Crippen LogP contribution in [0.4, 0.5) is 10.5 Å². The number of carbonyl (C=O) groups excluding carboxylic acids is 1. The molecule has 122 valence electrons. The van der Waals surface area contributed by atoms with E-state index in [1.807, 2.05) is 31.1 Å². The summed E-state index contributed by atoms with van der Waals surface area (Å²) < 4.78 is 15.9. The van der Waals surface area contributed by atoms with E-state index in [0.717, 1.165) is 5.76 Å². The molecule has 0 fully saturated rings. The van der Waals surface area contributed by atoms with E-state index >= 15 is 0 Å². The number of furan rings is 1. The molecule has 2 aromatic rings. The summed E-state index contributed by atoms with van der Waals surface area (Å²) in [6.45, 7) is 0.634. The highest BCUT2D eigenvalue weighted by Crippen LogP contribution is 2.34. The Morgan fingerprint density at radius 2 is 2.09 bits per heavy atom. The highest BCUT2D eigenvalue weighted by molar-refractivity contribution is 5.89. The number of ether oxygens (including phenoxy) is 2. The molecule has 0 bridgehead atoms. The van der Waals surface area contributed by atoms with Crippen molar-refractivity contribution in [3.05, 3.63) is 42.4 Å². The molecule has 1 atom stereocenters. The summed E-state index contributed by atoms with van der Waals surface area (Å²) in [5.41, 5.74) is 0.645. The average molecular weight is 317 g/mol. The third-order valence-electron chi connectivity index (χ3n) is 3.58. The van der Waals surface area contributed by atoms with E-state index in [4.69, 9.17) is 13.9 Å². The van der Waals surface area contributed by atoms with Crippen LogP contribution in [0.2, 0.25) is 0 Å². The number of fused-ring (bicyclic) bond motifs is 1. The van der Waals surface area contributed by atoms with Gasteiger partial charge in [-0.3, -0.25) is 4.90 Å². The molecule has 2 heterocycles. The molecule has 0 spiro atoms.